The van der Waals surface area contributed by atoms with E-state index in [1.807, 2.05) is 31.2 Å². The second kappa shape index (κ2) is 7.48. The van der Waals surface area contributed by atoms with Gasteiger partial charge >= 0.3 is 0 Å². The zero-order valence-electron chi connectivity index (χ0n) is 11.4. The second-order valence-corrected chi connectivity index (χ2v) is 4.93. The molecule has 0 bridgehead atoms. The molecule has 106 valence electrons. The average molecular weight is 266 g/mol. The first-order valence-corrected chi connectivity index (χ1v) is 6.81. The van der Waals surface area contributed by atoms with Crippen LogP contribution in [0.1, 0.15) is 18.4 Å². The van der Waals surface area contributed by atoms with Gasteiger partial charge in [-0.05, 0) is 37.5 Å². The highest BCUT2D eigenvalue weighted by atomic mass is 16.5. The van der Waals surface area contributed by atoms with E-state index in [2.05, 4.69) is 0 Å². The first kappa shape index (κ1) is 14.3. The average Bonchev–Trinajstić information content (AvgIpc) is 2.44. The van der Waals surface area contributed by atoms with Crippen LogP contribution in [0, 0.1) is 6.92 Å². The highest BCUT2D eigenvalue weighted by Crippen LogP contribution is 2.13. The van der Waals surface area contributed by atoms with E-state index in [-0.39, 0.29) is 12.7 Å². The number of hydrogen-bond acceptors (Lipinski definition) is 4. The number of rotatable bonds is 6. The van der Waals surface area contributed by atoms with Gasteiger partial charge in [-0.3, -0.25) is 0 Å². The van der Waals surface area contributed by atoms with Gasteiger partial charge in [-0.1, -0.05) is 12.1 Å². The largest absolute Gasteiger partial charge is 0.491 e. The van der Waals surface area contributed by atoms with Gasteiger partial charge in [0.25, 0.3) is 0 Å². The van der Waals surface area contributed by atoms with Crippen LogP contribution >= 0.6 is 0 Å². The third kappa shape index (κ3) is 5.19. The van der Waals surface area contributed by atoms with E-state index in [9.17, 15) is 5.11 Å². The molecule has 0 spiro atoms. The van der Waals surface area contributed by atoms with Crippen molar-refractivity contribution < 1.29 is 19.3 Å². The van der Waals surface area contributed by atoms with Gasteiger partial charge in [-0.2, -0.15) is 0 Å². The molecule has 1 saturated heterocycles. The number of aliphatic hydroxyl groups is 1. The number of benzene rings is 1. The summed E-state index contributed by atoms with van der Waals surface area (Å²) < 4.78 is 16.4. The fourth-order valence-corrected chi connectivity index (χ4v) is 2.04. The van der Waals surface area contributed by atoms with E-state index in [1.54, 1.807) is 0 Å². The Morgan fingerprint density at radius 3 is 2.84 bits per heavy atom. The van der Waals surface area contributed by atoms with Crippen LogP contribution in [0.3, 0.4) is 0 Å². The Kier molecular flexibility index (Phi) is 5.63. The first-order valence-electron chi connectivity index (χ1n) is 6.81. The minimum atomic E-state index is -0.594. The minimum absolute atomic E-state index is 0.211. The highest BCUT2D eigenvalue weighted by Gasteiger charge is 2.16. The molecule has 0 aromatic heterocycles. The van der Waals surface area contributed by atoms with Gasteiger partial charge < -0.3 is 19.3 Å². The van der Waals surface area contributed by atoms with Crippen LogP contribution in [0.4, 0.5) is 0 Å². The predicted molar refractivity (Wildman–Crippen MR) is 72.5 cm³/mol. The third-order valence-corrected chi connectivity index (χ3v) is 3.12. The molecule has 1 unspecified atom stereocenters. The van der Waals surface area contributed by atoms with Crippen LogP contribution in [-0.4, -0.2) is 43.7 Å². The fraction of sp³-hybridized carbons (Fsp3) is 0.600. The van der Waals surface area contributed by atoms with E-state index >= 15 is 0 Å². The van der Waals surface area contributed by atoms with Crippen LogP contribution in [0.5, 0.6) is 5.75 Å². The predicted octanol–water partition coefficient (Wildman–Crippen LogP) is 1.93. The van der Waals surface area contributed by atoms with Crippen molar-refractivity contribution >= 4 is 0 Å². The van der Waals surface area contributed by atoms with Gasteiger partial charge in [0.05, 0.1) is 12.7 Å². The summed E-state index contributed by atoms with van der Waals surface area (Å²) in [4.78, 5) is 0. The topological polar surface area (TPSA) is 47.9 Å². The highest BCUT2D eigenvalue weighted by molar-refractivity contribution is 5.27. The molecule has 1 aliphatic heterocycles. The zero-order chi connectivity index (χ0) is 13.5. The van der Waals surface area contributed by atoms with Crippen molar-refractivity contribution in [1.82, 2.24) is 0 Å². The quantitative estimate of drug-likeness (QED) is 0.854. The van der Waals surface area contributed by atoms with Crippen molar-refractivity contribution in [3.8, 4) is 5.75 Å². The van der Waals surface area contributed by atoms with Crippen molar-refractivity contribution in [2.75, 3.05) is 26.4 Å². The Hall–Kier alpha value is -1.10. The Balaban J connectivity index is 1.65. The monoisotopic (exact) mass is 266 g/mol. The molecule has 0 saturated carbocycles. The summed E-state index contributed by atoms with van der Waals surface area (Å²) in [5.41, 5.74) is 1.14. The molecule has 0 aliphatic carbocycles. The van der Waals surface area contributed by atoms with E-state index in [0.717, 1.165) is 37.4 Å². The van der Waals surface area contributed by atoms with E-state index in [1.165, 1.54) is 0 Å². The van der Waals surface area contributed by atoms with Gasteiger partial charge in [0.2, 0.25) is 0 Å². The molecule has 0 radical (unpaired) electrons. The molecule has 1 aliphatic rings. The molecule has 1 heterocycles. The molecule has 1 atom stereocenters. The van der Waals surface area contributed by atoms with Gasteiger partial charge in [-0.15, -0.1) is 0 Å². The fourth-order valence-electron chi connectivity index (χ4n) is 2.04. The SMILES string of the molecule is Cc1cccc(OCC(O)COC2CCOCC2)c1. The Bertz CT molecular complexity index is 374. The van der Waals surface area contributed by atoms with Gasteiger partial charge in [0.1, 0.15) is 18.5 Å². The molecular weight excluding hydrogens is 244 g/mol. The molecule has 2 rings (SSSR count). The Morgan fingerprint density at radius 1 is 1.32 bits per heavy atom. The maximum atomic E-state index is 9.83. The van der Waals surface area contributed by atoms with Gasteiger partial charge in [0.15, 0.2) is 0 Å². The van der Waals surface area contributed by atoms with E-state index < -0.39 is 6.10 Å². The van der Waals surface area contributed by atoms with Crippen LogP contribution in [-0.2, 0) is 9.47 Å². The molecule has 19 heavy (non-hydrogen) atoms. The standard InChI is InChI=1S/C15H22O4/c1-12-3-2-4-15(9-12)19-11-13(16)10-18-14-5-7-17-8-6-14/h2-4,9,13-14,16H,5-8,10-11H2,1H3. The van der Waals surface area contributed by atoms with Crippen LogP contribution in [0.2, 0.25) is 0 Å². The Labute approximate surface area is 114 Å². The summed E-state index contributed by atoms with van der Waals surface area (Å²) >= 11 is 0. The summed E-state index contributed by atoms with van der Waals surface area (Å²) in [6.45, 7) is 4.09. The van der Waals surface area contributed by atoms with Gasteiger partial charge in [-0.25, -0.2) is 0 Å². The number of aryl methyl sites for hydroxylation is 1. The first-order chi connectivity index (χ1) is 9.24. The summed E-state index contributed by atoms with van der Waals surface area (Å²) in [7, 11) is 0. The lowest BCUT2D eigenvalue weighted by atomic mass is 10.1. The summed E-state index contributed by atoms with van der Waals surface area (Å²) in [6, 6.07) is 7.79. The second-order valence-electron chi connectivity index (χ2n) is 4.93. The minimum Gasteiger partial charge on any atom is -0.491 e. The van der Waals surface area contributed by atoms with E-state index in [4.69, 9.17) is 14.2 Å². The van der Waals surface area contributed by atoms with Crippen molar-refractivity contribution in [3.63, 3.8) is 0 Å². The summed E-state index contributed by atoms with van der Waals surface area (Å²) in [6.07, 6.45) is 1.43. The molecule has 4 nitrogen and oxygen atoms in total. The Morgan fingerprint density at radius 2 is 2.11 bits per heavy atom. The zero-order valence-corrected chi connectivity index (χ0v) is 11.4. The normalized spacial score (nSPS) is 18.2. The maximum Gasteiger partial charge on any atom is 0.119 e. The lowest BCUT2D eigenvalue weighted by molar-refractivity contribution is -0.0659. The van der Waals surface area contributed by atoms with Crippen LogP contribution < -0.4 is 4.74 Å². The van der Waals surface area contributed by atoms with E-state index in [0.29, 0.717) is 6.61 Å². The molecule has 1 N–H and O–H groups in total. The summed E-state index contributed by atoms with van der Waals surface area (Å²) in [5, 5.41) is 9.83. The molecular formula is C15H22O4. The van der Waals surface area contributed by atoms with Crippen molar-refractivity contribution in [1.29, 1.82) is 0 Å². The lowest BCUT2D eigenvalue weighted by Gasteiger charge is -2.23. The van der Waals surface area contributed by atoms with Gasteiger partial charge in [0, 0.05) is 13.2 Å². The smallest absolute Gasteiger partial charge is 0.119 e. The lowest BCUT2D eigenvalue weighted by Crippen LogP contribution is -2.30. The molecule has 1 aromatic rings. The third-order valence-electron chi connectivity index (χ3n) is 3.12. The maximum absolute atomic E-state index is 9.83. The molecule has 0 amide bonds. The van der Waals surface area contributed by atoms with Crippen molar-refractivity contribution in [2.24, 2.45) is 0 Å². The number of ether oxygens (including phenoxy) is 3. The number of aliphatic hydroxyl groups excluding tert-OH is 1. The molecule has 1 fully saturated rings. The number of hydrogen-bond donors (Lipinski definition) is 1. The molecule has 1 aromatic carbocycles. The summed E-state index contributed by atoms with van der Waals surface area (Å²) in [5.74, 6) is 0.783. The molecule has 4 heteroatoms. The van der Waals surface area contributed by atoms with Crippen molar-refractivity contribution in [3.05, 3.63) is 29.8 Å². The van der Waals surface area contributed by atoms with Crippen LogP contribution in [0.15, 0.2) is 24.3 Å². The van der Waals surface area contributed by atoms with Crippen LogP contribution in [0.25, 0.3) is 0 Å². The van der Waals surface area contributed by atoms with Crippen molar-refractivity contribution in [2.45, 2.75) is 32.0 Å².